The lowest BCUT2D eigenvalue weighted by molar-refractivity contribution is -0.121. The molecule has 1 saturated heterocycles. The van der Waals surface area contributed by atoms with Crippen molar-refractivity contribution in [1.29, 1.82) is 0 Å². The fraction of sp³-hybridized carbons (Fsp3) is 0.700. The Balaban J connectivity index is 0.000000671. The Hall–Kier alpha value is -0.990. The zero-order chi connectivity index (χ0) is 10.4. The largest absolute Gasteiger partial charge is 0.368 e. The van der Waals surface area contributed by atoms with Crippen molar-refractivity contribution in [2.75, 3.05) is 6.54 Å². The smallest absolute Gasteiger partial charge is 0.240 e. The van der Waals surface area contributed by atoms with Crippen molar-refractivity contribution >= 4 is 5.91 Å². The summed E-state index contributed by atoms with van der Waals surface area (Å²) in [6.45, 7) is 10.6. The van der Waals surface area contributed by atoms with E-state index in [4.69, 9.17) is 5.73 Å². The van der Waals surface area contributed by atoms with Gasteiger partial charge in [0.2, 0.25) is 5.91 Å². The van der Waals surface area contributed by atoms with Crippen molar-refractivity contribution in [1.82, 2.24) is 4.90 Å². The quantitative estimate of drug-likeness (QED) is 0.707. The van der Waals surface area contributed by atoms with Crippen molar-refractivity contribution in [3.63, 3.8) is 0 Å². The average molecular weight is 184 g/mol. The molecule has 76 valence electrons. The van der Waals surface area contributed by atoms with E-state index in [9.17, 15) is 4.79 Å². The molecule has 1 fully saturated rings. The van der Waals surface area contributed by atoms with E-state index in [1.165, 1.54) is 0 Å². The van der Waals surface area contributed by atoms with E-state index in [0.29, 0.717) is 0 Å². The minimum Gasteiger partial charge on any atom is -0.368 e. The Morgan fingerprint density at radius 3 is 2.38 bits per heavy atom. The third-order valence-electron chi connectivity index (χ3n) is 2.07. The second-order valence-corrected chi connectivity index (χ2v) is 2.99. The molecule has 0 saturated carbocycles. The van der Waals surface area contributed by atoms with E-state index in [0.717, 1.165) is 25.1 Å². The molecule has 0 aromatic carbocycles. The zero-order valence-corrected chi connectivity index (χ0v) is 8.84. The van der Waals surface area contributed by atoms with E-state index < -0.39 is 0 Å². The fourth-order valence-electron chi connectivity index (χ4n) is 1.52. The molecule has 0 bridgehead atoms. The summed E-state index contributed by atoms with van der Waals surface area (Å²) in [6, 6.07) is -0.104. The maximum atomic E-state index is 10.9. The molecule has 0 radical (unpaired) electrons. The van der Waals surface area contributed by atoms with Crippen LogP contribution in [0.3, 0.4) is 0 Å². The molecule has 0 aromatic heterocycles. The lowest BCUT2D eigenvalue weighted by Crippen LogP contribution is -2.38. The monoisotopic (exact) mass is 184 g/mol. The van der Waals surface area contributed by atoms with Crippen molar-refractivity contribution in [3.05, 3.63) is 12.3 Å². The van der Waals surface area contributed by atoms with Crippen LogP contribution < -0.4 is 5.73 Å². The standard InChI is InChI=1S/C8H14N2O.C2H6/c1-6(2)10-5-3-4-7(10)8(9)11;1-2/h7H,1,3-5H2,2H3,(H2,9,11);1-2H3. The first-order chi connectivity index (χ1) is 6.13. The number of carbonyl (C=O) groups excluding carboxylic acids is 1. The third-order valence-corrected chi connectivity index (χ3v) is 2.07. The number of rotatable bonds is 2. The van der Waals surface area contributed by atoms with Gasteiger partial charge in [-0.2, -0.15) is 0 Å². The number of primary amides is 1. The highest BCUT2D eigenvalue weighted by Gasteiger charge is 2.27. The number of allylic oxidation sites excluding steroid dienone is 1. The second kappa shape index (κ2) is 5.62. The predicted octanol–water partition coefficient (Wildman–Crippen LogP) is 1.50. The Morgan fingerprint density at radius 2 is 2.08 bits per heavy atom. The second-order valence-electron chi connectivity index (χ2n) is 2.99. The molecular weight excluding hydrogens is 164 g/mol. The summed E-state index contributed by atoms with van der Waals surface area (Å²) < 4.78 is 0. The van der Waals surface area contributed by atoms with Crippen LogP contribution in [0, 0.1) is 0 Å². The normalized spacial score (nSPS) is 20.5. The number of hydrogen-bond donors (Lipinski definition) is 1. The van der Waals surface area contributed by atoms with Crippen molar-refractivity contribution in [3.8, 4) is 0 Å². The van der Waals surface area contributed by atoms with E-state index in [1.807, 2.05) is 25.7 Å². The minimum absolute atomic E-state index is 0.104. The van der Waals surface area contributed by atoms with Crippen LogP contribution in [0.5, 0.6) is 0 Å². The summed E-state index contributed by atoms with van der Waals surface area (Å²) in [6.07, 6.45) is 1.92. The van der Waals surface area contributed by atoms with Gasteiger partial charge >= 0.3 is 0 Å². The highest BCUT2D eigenvalue weighted by molar-refractivity contribution is 5.80. The first kappa shape index (κ1) is 12.0. The molecule has 1 aliphatic rings. The molecule has 0 spiro atoms. The predicted molar refractivity (Wildman–Crippen MR) is 55.1 cm³/mol. The average Bonchev–Trinajstić information content (AvgIpc) is 2.55. The molecule has 2 N–H and O–H groups in total. The van der Waals surface area contributed by atoms with Crippen LogP contribution in [0.4, 0.5) is 0 Å². The molecule has 1 aliphatic heterocycles. The molecular formula is C10H20N2O. The van der Waals surface area contributed by atoms with Gasteiger partial charge in [-0.05, 0) is 19.8 Å². The molecule has 0 aromatic rings. The van der Waals surface area contributed by atoms with Crippen LogP contribution in [0.1, 0.15) is 33.6 Å². The molecule has 1 heterocycles. The van der Waals surface area contributed by atoms with E-state index in [1.54, 1.807) is 0 Å². The fourth-order valence-corrected chi connectivity index (χ4v) is 1.52. The van der Waals surface area contributed by atoms with Gasteiger partial charge < -0.3 is 10.6 Å². The molecule has 13 heavy (non-hydrogen) atoms. The van der Waals surface area contributed by atoms with E-state index >= 15 is 0 Å². The van der Waals surface area contributed by atoms with Gasteiger partial charge in [-0.1, -0.05) is 20.4 Å². The Morgan fingerprint density at radius 1 is 1.54 bits per heavy atom. The highest BCUT2D eigenvalue weighted by atomic mass is 16.1. The third kappa shape index (κ3) is 3.09. The summed E-state index contributed by atoms with van der Waals surface area (Å²) in [5.41, 5.74) is 6.14. The maximum absolute atomic E-state index is 10.9. The molecule has 1 amide bonds. The molecule has 0 aliphatic carbocycles. The van der Waals surface area contributed by atoms with Crippen molar-refractivity contribution < 1.29 is 4.79 Å². The van der Waals surface area contributed by atoms with Gasteiger partial charge in [-0.15, -0.1) is 0 Å². The lowest BCUT2D eigenvalue weighted by Gasteiger charge is -2.23. The zero-order valence-electron chi connectivity index (χ0n) is 8.84. The van der Waals surface area contributed by atoms with Crippen molar-refractivity contribution in [2.45, 2.75) is 39.7 Å². The topological polar surface area (TPSA) is 46.3 Å². The van der Waals surface area contributed by atoms with Crippen molar-refractivity contribution in [2.24, 2.45) is 5.73 Å². The van der Waals surface area contributed by atoms with Crippen LogP contribution in [-0.2, 0) is 4.79 Å². The molecule has 1 unspecified atom stereocenters. The number of amides is 1. The molecule has 1 atom stereocenters. The van der Waals surface area contributed by atoms with Gasteiger partial charge in [0.05, 0.1) is 0 Å². The molecule has 3 nitrogen and oxygen atoms in total. The Labute approximate surface area is 80.6 Å². The SMILES string of the molecule is C=C(C)N1CCCC1C(N)=O.CC. The molecule has 1 rings (SSSR count). The van der Waals surface area contributed by atoms with Gasteiger partial charge in [0.25, 0.3) is 0 Å². The lowest BCUT2D eigenvalue weighted by atomic mass is 10.2. The van der Waals surface area contributed by atoms with Gasteiger partial charge in [0.15, 0.2) is 0 Å². The first-order valence-electron chi connectivity index (χ1n) is 4.84. The number of hydrogen-bond acceptors (Lipinski definition) is 2. The Bertz CT molecular complexity index is 169. The summed E-state index contributed by atoms with van der Waals surface area (Å²) in [5.74, 6) is -0.231. The van der Waals surface area contributed by atoms with Gasteiger partial charge in [-0.25, -0.2) is 0 Å². The van der Waals surface area contributed by atoms with E-state index in [-0.39, 0.29) is 11.9 Å². The number of carbonyl (C=O) groups is 1. The van der Waals surface area contributed by atoms with Gasteiger partial charge in [-0.3, -0.25) is 4.79 Å². The summed E-state index contributed by atoms with van der Waals surface area (Å²) in [7, 11) is 0. The number of nitrogens with two attached hydrogens (primary N) is 1. The van der Waals surface area contributed by atoms with Crippen LogP contribution in [0.15, 0.2) is 12.3 Å². The first-order valence-corrected chi connectivity index (χ1v) is 4.84. The Kier molecular flexibility index (Phi) is 5.19. The van der Waals surface area contributed by atoms with Gasteiger partial charge in [0.1, 0.15) is 6.04 Å². The minimum atomic E-state index is -0.231. The van der Waals surface area contributed by atoms with Crippen LogP contribution in [-0.4, -0.2) is 23.4 Å². The number of nitrogens with zero attached hydrogens (tertiary/aromatic N) is 1. The summed E-state index contributed by atoms with van der Waals surface area (Å²) >= 11 is 0. The van der Waals surface area contributed by atoms with Crippen LogP contribution in [0.2, 0.25) is 0 Å². The summed E-state index contributed by atoms with van der Waals surface area (Å²) in [4.78, 5) is 12.8. The maximum Gasteiger partial charge on any atom is 0.240 e. The van der Waals surface area contributed by atoms with E-state index in [2.05, 4.69) is 6.58 Å². The number of likely N-dealkylation sites (tertiary alicyclic amines) is 1. The molecule has 3 heteroatoms. The van der Waals surface area contributed by atoms with Crippen LogP contribution in [0.25, 0.3) is 0 Å². The van der Waals surface area contributed by atoms with Gasteiger partial charge in [0, 0.05) is 12.2 Å². The summed E-state index contributed by atoms with van der Waals surface area (Å²) in [5, 5.41) is 0. The van der Waals surface area contributed by atoms with Crippen LogP contribution >= 0.6 is 0 Å². The highest BCUT2D eigenvalue weighted by Crippen LogP contribution is 2.20.